The molecule has 0 spiro atoms. The maximum Gasteiger partial charge on any atom is 0.155 e. The van der Waals surface area contributed by atoms with Crippen molar-refractivity contribution in [3.05, 3.63) is 65.3 Å². The van der Waals surface area contributed by atoms with Gasteiger partial charge in [0.05, 0.1) is 0 Å². The lowest BCUT2D eigenvalue weighted by Crippen LogP contribution is -2.41. The molecule has 0 aromatic heterocycles. The second kappa shape index (κ2) is 5.56. The zero-order valence-electron chi connectivity index (χ0n) is 15.0. The van der Waals surface area contributed by atoms with Gasteiger partial charge in [0.1, 0.15) is 0 Å². The maximum absolute atomic E-state index is 11.8. The van der Waals surface area contributed by atoms with Crippen LogP contribution in [0, 0.1) is 23.2 Å². The molecule has 0 unspecified atom stereocenters. The molecule has 4 atom stereocenters. The maximum atomic E-state index is 11.8. The molecule has 0 heterocycles. The molecule has 1 aromatic rings. The SMILES string of the molecule is C[C@]12CC[C@@H]3[C@H]4CCC(=O)C=C4CC[C@H]3C1=CC=C2c1ccccc1. The van der Waals surface area contributed by atoms with Crippen LogP contribution in [0.2, 0.25) is 0 Å². The highest BCUT2D eigenvalue weighted by Crippen LogP contribution is 2.61. The Bertz CT molecular complexity index is 810. The number of allylic oxidation sites excluding steroid dienone is 6. The lowest BCUT2D eigenvalue weighted by atomic mass is 9.53. The standard InChI is InChI=1S/C24H26O/c1-24-14-13-20-19-10-8-18(25)15-17(19)7-9-21(20)23(24)12-11-22(24)16-5-3-2-4-6-16/h2-6,11-12,15,19-21H,7-10,13-14H2,1H3/t19-,20+,21+,24+/m0/s1. The van der Waals surface area contributed by atoms with Gasteiger partial charge in [0, 0.05) is 11.8 Å². The smallest absolute Gasteiger partial charge is 0.155 e. The van der Waals surface area contributed by atoms with Gasteiger partial charge in [-0.1, -0.05) is 60.6 Å². The summed E-state index contributed by atoms with van der Waals surface area (Å²) in [4.78, 5) is 11.8. The monoisotopic (exact) mass is 330 g/mol. The average Bonchev–Trinajstić information content (AvgIpc) is 2.99. The van der Waals surface area contributed by atoms with Gasteiger partial charge in [-0.15, -0.1) is 0 Å². The summed E-state index contributed by atoms with van der Waals surface area (Å²) in [5.74, 6) is 2.50. The van der Waals surface area contributed by atoms with Crippen molar-refractivity contribution in [3.63, 3.8) is 0 Å². The van der Waals surface area contributed by atoms with Gasteiger partial charge < -0.3 is 0 Å². The fourth-order valence-electron chi connectivity index (χ4n) is 6.22. The van der Waals surface area contributed by atoms with Crippen LogP contribution in [0.4, 0.5) is 0 Å². The Balaban J connectivity index is 1.47. The van der Waals surface area contributed by atoms with Crippen LogP contribution in [0.25, 0.3) is 5.57 Å². The Kier molecular flexibility index (Phi) is 3.42. The number of hydrogen-bond acceptors (Lipinski definition) is 1. The zero-order chi connectivity index (χ0) is 17.0. The van der Waals surface area contributed by atoms with E-state index in [1.165, 1.54) is 36.0 Å². The van der Waals surface area contributed by atoms with Crippen molar-refractivity contribution in [1.82, 2.24) is 0 Å². The number of rotatable bonds is 1. The topological polar surface area (TPSA) is 17.1 Å². The largest absolute Gasteiger partial charge is 0.295 e. The summed E-state index contributed by atoms with van der Waals surface area (Å²) >= 11 is 0. The van der Waals surface area contributed by atoms with Crippen molar-refractivity contribution < 1.29 is 4.79 Å². The van der Waals surface area contributed by atoms with Crippen molar-refractivity contribution in [1.29, 1.82) is 0 Å². The van der Waals surface area contributed by atoms with E-state index in [1.807, 2.05) is 6.08 Å². The van der Waals surface area contributed by atoms with Gasteiger partial charge in [0.25, 0.3) is 0 Å². The molecule has 0 N–H and O–H groups in total. The van der Waals surface area contributed by atoms with Crippen molar-refractivity contribution in [2.75, 3.05) is 0 Å². The van der Waals surface area contributed by atoms with Crippen LogP contribution < -0.4 is 0 Å². The number of hydrogen-bond donors (Lipinski definition) is 0. The van der Waals surface area contributed by atoms with Gasteiger partial charge in [-0.05, 0) is 67.1 Å². The van der Waals surface area contributed by atoms with Crippen LogP contribution in [0.15, 0.2) is 59.7 Å². The van der Waals surface area contributed by atoms with E-state index in [2.05, 4.69) is 49.4 Å². The molecule has 1 heteroatoms. The summed E-state index contributed by atoms with van der Waals surface area (Å²) in [6, 6.07) is 10.9. The van der Waals surface area contributed by atoms with Crippen LogP contribution in [0.1, 0.15) is 51.0 Å². The first-order chi connectivity index (χ1) is 12.2. The Labute approximate surface area is 150 Å². The zero-order valence-corrected chi connectivity index (χ0v) is 15.0. The van der Waals surface area contributed by atoms with Gasteiger partial charge in [-0.2, -0.15) is 0 Å². The fourth-order valence-corrected chi connectivity index (χ4v) is 6.22. The summed E-state index contributed by atoms with van der Waals surface area (Å²) in [6.07, 6.45) is 13.6. The van der Waals surface area contributed by atoms with E-state index in [4.69, 9.17) is 0 Å². The molecule has 1 nitrogen and oxygen atoms in total. The van der Waals surface area contributed by atoms with Crippen molar-refractivity contribution >= 4 is 11.4 Å². The number of carbonyl (C=O) groups is 1. The van der Waals surface area contributed by atoms with Crippen molar-refractivity contribution in [2.45, 2.75) is 45.4 Å². The van der Waals surface area contributed by atoms with Gasteiger partial charge in [0.15, 0.2) is 5.78 Å². The molecule has 128 valence electrons. The molecule has 0 aliphatic heterocycles. The van der Waals surface area contributed by atoms with Gasteiger partial charge >= 0.3 is 0 Å². The fraction of sp³-hybridized carbons (Fsp3) is 0.458. The first-order valence-corrected chi connectivity index (χ1v) is 9.88. The highest BCUT2D eigenvalue weighted by atomic mass is 16.1. The quantitative estimate of drug-likeness (QED) is 0.641. The second-order valence-electron chi connectivity index (χ2n) is 8.58. The van der Waals surface area contributed by atoms with E-state index in [-0.39, 0.29) is 5.41 Å². The number of fused-ring (bicyclic) bond motifs is 5. The summed E-state index contributed by atoms with van der Waals surface area (Å²) in [6.45, 7) is 2.47. The molecule has 4 aliphatic rings. The van der Waals surface area contributed by atoms with Crippen LogP contribution in [0.3, 0.4) is 0 Å². The molecular weight excluding hydrogens is 304 g/mol. The summed E-state index contributed by atoms with van der Waals surface area (Å²) in [5, 5.41) is 0. The molecule has 5 rings (SSSR count). The van der Waals surface area contributed by atoms with Crippen LogP contribution in [-0.4, -0.2) is 5.78 Å². The molecule has 25 heavy (non-hydrogen) atoms. The van der Waals surface area contributed by atoms with Crippen LogP contribution in [-0.2, 0) is 4.79 Å². The average molecular weight is 330 g/mol. The Morgan fingerprint density at radius 2 is 1.76 bits per heavy atom. The third kappa shape index (κ3) is 2.25. The minimum absolute atomic E-state index is 0.216. The molecule has 0 radical (unpaired) electrons. The van der Waals surface area contributed by atoms with Gasteiger partial charge in [0.2, 0.25) is 0 Å². The molecule has 0 bridgehead atoms. The van der Waals surface area contributed by atoms with Crippen LogP contribution >= 0.6 is 0 Å². The summed E-state index contributed by atoms with van der Waals surface area (Å²) in [5.41, 5.74) is 6.26. The van der Waals surface area contributed by atoms with E-state index < -0.39 is 0 Å². The summed E-state index contributed by atoms with van der Waals surface area (Å²) < 4.78 is 0. The minimum atomic E-state index is 0.216. The Morgan fingerprint density at radius 1 is 0.960 bits per heavy atom. The van der Waals surface area contributed by atoms with E-state index in [0.717, 1.165) is 25.2 Å². The summed E-state index contributed by atoms with van der Waals surface area (Å²) in [7, 11) is 0. The van der Waals surface area contributed by atoms with Gasteiger partial charge in [-0.3, -0.25) is 4.79 Å². The molecule has 2 fully saturated rings. The first kappa shape index (κ1) is 15.4. The Morgan fingerprint density at radius 3 is 2.60 bits per heavy atom. The number of benzene rings is 1. The highest BCUT2D eigenvalue weighted by Gasteiger charge is 2.50. The predicted octanol–water partition coefficient (Wildman–Crippen LogP) is 5.74. The molecule has 0 saturated heterocycles. The number of ketones is 1. The van der Waals surface area contributed by atoms with E-state index >= 15 is 0 Å². The van der Waals surface area contributed by atoms with Crippen LogP contribution in [0.5, 0.6) is 0 Å². The lowest BCUT2D eigenvalue weighted by molar-refractivity contribution is -0.115. The highest BCUT2D eigenvalue weighted by molar-refractivity contribution is 5.91. The molecule has 1 aromatic carbocycles. The van der Waals surface area contributed by atoms with E-state index in [1.54, 1.807) is 5.57 Å². The Hall–Kier alpha value is -1.89. The molecule has 4 aliphatic carbocycles. The molecule has 2 saturated carbocycles. The predicted molar refractivity (Wildman–Crippen MR) is 102 cm³/mol. The second-order valence-corrected chi connectivity index (χ2v) is 8.58. The lowest BCUT2D eigenvalue weighted by Gasteiger charge is -2.51. The first-order valence-electron chi connectivity index (χ1n) is 9.88. The number of carbonyl (C=O) groups excluding carboxylic acids is 1. The van der Waals surface area contributed by atoms with Gasteiger partial charge in [-0.25, -0.2) is 0 Å². The molecule has 0 amide bonds. The third-order valence-electron chi connectivity index (χ3n) is 7.43. The molecular formula is C24H26O. The van der Waals surface area contributed by atoms with Crippen molar-refractivity contribution in [3.8, 4) is 0 Å². The normalized spacial score (nSPS) is 36.6. The van der Waals surface area contributed by atoms with E-state index in [0.29, 0.717) is 17.6 Å². The van der Waals surface area contributed by atoms with Crippen molar-refractivity contribution in [2.24, 2.45) is 23.2 Å². The minimum Gasteiger partial charge on any atom is -0.295 e. The van der Waals surface area contributed by atoms with E-state index in [9.17, 15) is 4.79 Å². The third-order valence-corrected chi connectivity index (χ3v) is 7.43.